The lowest BCUT2D eigenvalue weighted by atomic mass is 10.0. The Morgan fingerprint density at radius 1 is 0.704 bits per heavy atom. The van der Waals surface area contributed by atoms with Crippen LogP contribution in [0.1, 0.15) is 57.4 Å². The second-order valence-electron chi connectivity index (χ2n) is 6.68. The molecule has 0 aliphatic rings. The standard InChI is InChI=1S/C22H38O5/c1-5-6-7-8-9-10-11-12-19-13-15-20(16-14-19)26-17-18-27-22(25-4)21(23-2)24-3/h13-16,21-22H,5-12,17-18H2,1-4H3. The Morgan fingerprint density at radius 2 is 1.30 bits per heavy atom. The molecule has 0 N–H and O–H groups in total. The van der Waals surface area contributed by atoms with Crippen molar-refractivity contribution in [3.05, 3.63) is 29.8 Å². The van der Waals surface area contributed by atoms with Crippen molar-refractivity contribution in [1.29, 1.82) is 0 Å². The van der Waals surface area contributed by atoms with Crippen molar-refractivity contribution in [1.82, 2.24) is 0 Å². The van der Waals surface area contributed by atoms with Gasteiger partial charge in [0.05, 0.1) is 6.61 Å². The number of aryl methyl sites for hydroxylation is 1. The summed E-state index contributed by atoms with van der Waals surface area (Å²) in [6.07, 6.45) is 9.40. The first-order valence-corrected chi connectivity index (χ1v) is 10.2. The van der Waals surface area contributed by atoms with Crippen molar-refractivity contribution in [2.75, 3.05) is 34.5 Å². The largest absolute Gasteiger partial charge is 0.491 e. The van der Waals surface area contributed by atoms with Crippen LogP contribution in [0.3, 0.4) is 0 Å². The average Bonchev–Trinajstić information content (AvgIpc) is 2.70. The number of unbranched alkanes of at least 4 members (excludes halogenated alkanes) is 6. The van der Waals surface area contributed by atoms with Gasteiger partial charge < -0.3 is 23.7 Å². The Bertz CT molecular complexity index is 445. The maximum Gasteiger partial charge on any atom is 0.209 e. The second kappa shape index (κ2) is 15.9. The number of hydrogen-bond donors (Lipinski definition) is 0. The summed E-state index contributed by atoms with van der Waals surface area (Å²) >= 11 is 0. The molecule has 156 valence electrons. The van der Waals surface area contributed by atoms with Crippen LogP contribution in [-0.4, -0.2) is 47.1 Å². The second-order valence-corrected chi connectivity index (χ2v) is 6.68. The monoisotopic (exact) mass is 382 g/mol. The predicted octanol–water partition coefficient (Wildman–Crippen LogP) is 4.97. The van der Waals surface area contributed by atoms with Gasteiger partial charge in [-0.25, -0.2) is 0 Å². The van der Waals surface area contributed by atoms with Gasteiger partial charge in [-0.3, -0.25) is 0 Å². The van der Waals surface area contributed by atoms with E-state index in [0.717, 1.165) is 12.2 Å². The Kier molecular flexibility index (Phi) is 14.0. The molecule has 1 rings (SSSR count). The van der Waals surface area contributed by atoms with Gasteiger partial charge in [0, 0.05) is 21.3 Å². The van der Waals surface area contributed by atoms with E-state index in [9.17, 15) is 0 Å². The summed E-state index contributed by atoms with van der Waals surface area (Å²) in [6, 6.07) is 8.35. The van der Waals surface area contributed by atoms with Gasteiger partial charge in [0.15, 0.2) is 0 Å². The summed E-state index contributed by atoms with van der Waals surface area (Å²) < 4.78 is 26.8. The normalized spacial score (nSPS) is 12.5. The van der Waals surface area contributed by atoms with Crippen molar-refractivity contribution in [2.45, 2.75) is 70.9 Å². The summed E-state index contributed by atoms with van der Waals surface area (Å²) in [6.45, 7) is 3.09. The van der Waals surface area contributed by atoms with E-state index >= 15 is 0 Å². The van der Waals surface area contributed by atoms with Crippen LogP contribution in [0.5, 0.6) is 5.75 Å². The molecule has 5 nitrogen and oxygen atoms in total. The topological polar surface area (TPSA) is 46.2 Å². The van der Waals surface area contributed by atoms with E-state index in [0.29, 0.717) is 13.2 Å². The molecule has 0 spiro atoms. The summed E-state index contributed by atoms with van der Waals surface area (Å²) in [7, 11) is 4.66. The third kappa shape index (κ3) is 10.7. The number of methoxy groups -OCH3 is 3. The van der Waals surface area contributed by atoms with Gasteiger partial charge in [-0.05, 0) is 30.5 Å². The molecule has 0 amide bonds. The minimum absolute atomic E-state index is 0.390. The SMILES string of the molecule is CCCCCCCCCc1ccc(OCCOC(OC)C(OC)OC)cc1. The van der Waals surface area contributed by atoms with Crippen molar-refractivity contribution >= 4 is 0 Å². The van der Waals surface area contributed by atoms with E-state index < -0.39 is 12.6 Å². The predicted molar refractivity (Wildman–Crippen MR) is 108 cm³/mol. The molecule has 0 heterocycles. The lowest BCUT2D eigenvalue weighted by molar-refractivity contribution is -0.264. The van der Waals surface area contributed by atoms with E-state index in [1.165, 1.54) is 50.5 Å². The molecule has 1 unspecified atom stereocenters. The Hall–Kier alpha value is -1.14. The van der Waals surface area contributed by atoms with Crippen molar-refractivity contribution in [2.24, 2.45) is 0 Å². The van der Waals surface area contributed by atoms with E-state index in [2.05, 4.69) is 19.1 Å². The van der Waals surface area contributed by atoms with Crippen molar-refractivity contribution in [3.63, 3.8) is 0 Å². The number of benzene rings is 1. The van der Waals surface area contributed by atoms with Crippen LogP contribution in [0.2, 0.25) is 0 Å². The van der Waals surface area contributed by atoms with Crippen LogP contribution in [0.4, 0.5) is 0 Å². The van der Waals surface area contributed by atoms with Crippen LogP contribution < -0.4 is 4.74 Å². The third-order valence-corrected chi connectivity index (χ3v) is 4.55. The molecule has 5 heteroatoms. The molecule has 0 aliphatic heterocycles. The fourth-order valence-corrected chi connectivity index (χ4v) is 2.94. The van der Waals surface area contributed by atoms with Gasteiger partial charge in [0.25, 0.3) is 0 Å². The van der Waals surface area contributed by atoms with Gasteiger partial charge in [-0.15, -0.1) is 0 Å². The molecule has 1 aromatic rings. The Morgan fingerprint density at radius 3 is 1.89 bits per heavy atom. The number of rotatable bonds is 17. The molecule has 0 saturated heterocycles. The van der Waals surface area contributed by atoms with Gasteiger partial charge in [0.2, 0.25) is 12.6 Å². The molecule has 0 bridgehead atoms. The fraction of sp³-hybridized carbons (Fsp3) is 0.727. The number of ether oxygens (including phenoxy) is 5. The summed E-state index contributed by atoms with van der Waals surface area (Å²) in [5.74, 6) is 0.853. The van der Waals surface area contributed by atoms with E-state index in [1.54, 1.807) is 21.3 Å². The minimum Gasteiger partial charge on any atom is -0.491 e. The fourth-order valence-electron chi connectivity index (χ4n) is 2.94. The van der Waals surface area contributed by atoms with Crippen LogP contribution in [-0.2, 0) is 25.4 Å². The van der Waals surface area contributed by atoms with Crippen molar-refractivity contribution < 1.29 is 23.7 Å². The van der Waals surface area contributed by atoms with Gasteiger partial charge >= 0.3 is 0 Å². The van der Waals surface area contributed by atoms with Crippen LogP contribution >= 0.6 is 0 Å². The lowest BCUT2D eigenvalue weighted by Crippen LogP contribution is -2.35. The van der Waals surface area contributed by atoms with E-state index in [4.69, 9.17) is 23.7 Å². The molecule has 0 radical (unpaired) electrons. The molecule has 0 aliphatic carbocycles. The Balaban J connectivity index is 2.17. The molecule has 0 fully saturated rings. The highest BCUT2D eigenvalue weighted by molar-refractivity contribution is 5.27. The molecule has 0 saturated carbocycles. The zero-order valence-electron chi connectivity index (χ0n) is 17.6. The summed E-state index contributed by atoms with van der Waals surface area (Å²) in [5, 5.41) is 0. The quantitative estimate of drug-likeness (QED) is 0.281. The zero-order valence-corrected chi connectivity index (χ0v) is 17.6. The molecule has 1 atom stereocenters. The van der Waals surface area contributed by atoms with Crippen molar-refractivity contribution in [3.8, 4) is 5.75 Å². The van der Waals surface area contributed by atoms with Crippen LogP contribution in [0.25, 0.3) is 0 Å². The first kappa shape index (κ1) is 23.9. The maximum atomic E-state index is 5.72. The summed E-state index contributed by atoms with van der Waals surface area (Å²) in [4.78, 5) is 0. The first-order valence-electron chi connectivity index (χ1n) is 10.2. The van der Waals surface area contributed by atoms with Crippen LogP contribution in [0, 0.1) is 0 Å². The molecule has 1 aromatic carbocycles. The third-order valence-electron chi connectivity index (χ3n) is 4.55. The highest BCUT2D eigenvalue weighted by Gasteiger charge is 2.20. The highest BCUT2D eigenvalue weighted by Crippen LogP contribution is 2.15. The highest BCUT2D eigenvalue weighted by atomic mass is 16.8. The molecule has 0 aromatic heterocycles. The first-order chi connectivity index (χ1) is 13.2. The minimum atomic E-state index is -0.576. The zero-order chi connectivity index (χ0) is 19.7. The van der Waals surface area contributed by atoms with Crippen LogP contribution in [0.15, 0.2) is 24.3 Å². The summed E-state index contributed by atoms with van der Waals surface area (Å²) in [5.41, 5.74) is 1.37. The van der Waals surface area contributed by atoms with Gasteiger partial charge in [-0.2, -0.15) is 0 Å². The Labute approximate surface area is 165 Å². The smallest absolute Gasteiger partial charge is 0.209 e. The van der Waals surface area contributed by atoms with E-state index in [1.807, 2.05) is 12.1 Å². The molecule has 27 heavy (non-hydrogen) atoms. The van der Waals surface area contributed by atoms with E-state index in [-0.39, 0.29) is 0 Å². The molecular weight excluding hydrogens is 344 g/mol. The number of hydrogen-bond acceptors (Lipinski definition) is 5. The average molecular weight is 383 g/mol. The van der Waals surface area contributed by atoms with Gasteiger partial charge in [0.1, 0.15) is 12.4 Å². The lowest BCUT2D eigenvalue weighted by Gasteiger charge is -2.23. The molecular formula is C22H38O5. The maximum absolute atomic E-state index is 5.72. The van der Waals surface area contributed by atoms with Gasteiger partial charge in [-0.1, -0.05) is 57.6 Å².